The van der Waals surface area contributed by atoms with Crippen LogP contribution in [0.2, 0.25) is 0 Å². The van der Waals surface area contributed by atoms with Gasteiger partial charge in [0.05, 0.1) is 13.2 Å². The number of aromatic nitrogens is 2. The van der Waals surface area contributed by atoms with E-state index in [2.05, 4.69) is 15.3 Å². The van der Waals surface area contributed by atoms with E-state index in [0.717, 1.165) is 12.3 Å². The minimum Gasteiger partial charge on any atom is -0.394 e. The van der Waals surface area contributed by atoms with Crippen LogP contribution in [-0.4, -0.2) is 41.4 Å². The van der Waals surface area contributed by atoms with Crippen molar-refractivity contribution in [1.29, 1.82) is 0 Å². The molecule has 0 aliphatic carbocycles. The van der Waals surface area contributed by atoms with Crippen LogP contribution in [0, 0.1) is 0 Å². The molecule has 2 N–H and O–H groups in total. The van der Waals surface area contributed by atoms with Crippen LogP contribution in [-0.2, 0) is 10.9 Å². The summed E-state index contributed by atoms with van der Waals surface area (Å²) in [5.41, 5.74) is -0.975. The minimum absolute atomic E-state index is 0.0514. The summed E-state index contributed by atoms with van der Waals surface area (Å²) < 4.78 is 42.0. The maximum absolute atomic E-state index is 12.3. The van der Waals surface area contributed by atoms with Gasteiger partial charge in [-0.05, 0) is 12.5 Å². The molecule has 8 heteroatoms. The fraction of sp³-hybridized carbons (Fsp3) is 0.600. The lowest BCUT2D eigenvalue weighted by Crippen LogP contribution is -2.13. The van der Waals surface area contributed by atoms with E-state index in [9.17, 15) is 13.2 Å². The molecule has 0 bridgehead atoms. The molecule has 18 heavy (non-hydrogen) atoms. The number of ether oxygens (including phenoxy) is 1. The second kappa shape index (κ2) is 7.12. The second-order valence-corrected chi connectivity index (χ2v) is 3.38. The SMILES string of the molecule is OCCOCCCNc1nccc(C(F)(F)F)n1. The number of halogens is 3. The Labute approximate surface area is 102 Å². The summed E-state index contributed by atoms with van der Waals surface area (Å²) in [5.74, 6) is -0.0630. The van der Waals surface area contributed by atoms with Gasteiger partial charge in [0, 0.05) is 19.3 Å². The number of nitrogens with zero attached hydrogens (tertiary/aromatic N) is 2. The van der Waals surface area contributed by atoms with Crippen LogP contribution in [0.4, 0.5) is 19.1 Å². The van der Waals surface area contributed by atoms with Crippen LogP contribution >= 0.6 is 0 Å². The molecule has 0 spiro atoms. The van der Waals surface area contributed by atoms with E-state index < -0.39 is 11.9 Å². The predicted molar refractivity (Wildman–Crippen MR) is 58.0 cm³/mol. The van der Waals surface area contributed by atoms with Gasteiger partial charge in [0.25, 0.3) is 0 Å². The third-order valence-corrected chi connectivity index (χ3v) is 1.93. The van der Waals surface area contributed by atoms with Gasteiger partial charge >= 0.3 is 6.18 Å². The van der Waals surface area contributed by atoms with Crippen molar-refractivity contribution in [2.75, 3.05) is 31.7 Å². The predicted octanol–water partition coefficient (Wildman–Crippen LogP) is 1.31. The Hall–Kier alpha value is -1.41. The van der Waals surface area contributed by atoms with Gasteiger partial charge in [-0.25, -0.2) is 9.97 Å². The number of alkyl halides is 3. The van der Waals surface area contributed by atoms with Crippen molar-refractivity contribution in [3.63, 3.8) is 0 Å². The van der Waals surface area contributed by atoms with E-state index >= 15 is 0 Å². The zero-order chi connectivity index (χ0) is 13.4. The van der Waals surface area contributed by atoms with Gasteiger partial charge in [0.15, 0.2) is 0 Å². The first-order valence-electron chi connectivity index (χ1n) is 5.37. The van der Waals surface area contributed by atoms with Crippen molar-refractivity contribution < 1.29 is 23.0 Å². The third-order valence-electron chi connectivity index (χ3n) is 1.93. The van der Waals surface area contributed by atoms with Gasteiger partial charge in [-0.3, -0.25) is 0 Å². The zero-order valence-electron chi connectivity index (χ0n) is 9.57. The van der Waals surface area contributed by atoms with E-state index in [1.807, 2.05) is 0 Å². The van der Waals surface area contributed by atoms with E-state index in [1.165, 1.54) is 0 Å². The highest BCUT2D eigenvalue weighted by Gasteiger charge is 2.32. The molecule has 102 valence electrons. The average Bonchev–Trinajstić information content (AvgIpc) is 2.33. The van der Waals surface area contributed by atoms with Crippen LogP contribution in [0.3, 0.4) is 0 Å². The van der Waals surface area contributed by atoms with Crippen LogP contribution in [0.5, 0.6) is 0 Å². The Morgan fingerprint density at radius 3 is 2.78 bits per heavy atom. The maximum Gasteiger partial charge on any atom is 0.433 e. The fourth-order valence-corrected chi connectivity index (χ4v) is 1.14. The highest BCUT2D eigenvalue weighted by Crippen LogP contribution is 2.27. The maximum atomic E-state index is 12.3. The van der Waals surface area contributed by atoms with Crippen LogP contribution < -0.4 is 5.32 Å². The third kappa shape index (κ3) is 5.28. The Morgan fingerprint density at radius 2 is 2.11 bits per heavy atom. The quantitative estimate of drug-likeness (QED) is 0.727. The number of rotatable bonds is 7. The lowest BCUT2D eigenvalue weighted by molar-refractivity contribution is -0.141. The molecule has 0 aromatic carbocycles. The Bertz CT molecular complexity index is 360. The molecule has 1 aromatic heterocycles. The van der Waals surface area contributed by atoms with Gasteiger partial charge in [0.1, 0.15) is 5.69 Å². The minimum atomic E-state index is -4.47. The smallest absolute Gasteiger partial charge is 0.394 e. The van der Waals surface area contributed by atoms with Crippen LogP contribution in [0.25, 0.3) is 0 Å². The molecule has 0 unspecified atom stereocenters. The average molecular weight is 265 g/mol. The molecular formula is C10H14F3N3O2. The summed E-state index contributed by atoms with van der Waals surface area (Å²) in [7, 11) is 0. The van der Waals surface area contributed by atoms with Crippen molar-refractivity contribution in [2.24, 2.45) is 0 Å². The molecule has 1 rings (SSSR count). The molecule has 0 saturated carbocycles. The lowest BCUT2D eigenvalue weighted by atomic mass is 10.4. The molecule has 0 saturated heterocycles. The molecule has 0 amide bonds. The molecule has 1 heterocycles. The first-order chi connectivity index (χ1) is 8.54. The van der Waals surface area contributed by atoms with Crippen molar-refractivity contribution in [3.05, 3.63) is 18.0 Å². The van der Waals surface area contributed by atoms with E-state index in [4.69, 9.17) is 9.84 Å². The lowest BCUT2D eigenvalue weighted by Gasteiger charge is -2.08. The van der Waals surface area contributed by atoms with Gasteiger partial charge in [-0.15, -0.1) is 0 Å². The number of aliphatic hydroxyl groups excluding tert-OH is 1. The fourth-order valence-electron chi connectivity index (χ4n) is 1.14. The highest BCUT2D eigenvalue weighted by molar-refractivity contribution is 5.25. The Balaban J connectivity index is 2.34. The normalized spacial score (nSPS) is 11.6. The number of nitrogens with one attached hydrogen (secondary N) is 1. The number of hydrogen-bond donors (Lipinski definition) is 2. The Morgan fingerprint density at radius 1 is 1.33 bits per heavy atom. The molecule has 0 fully saturated rings. The Kier molecular flexibility index (Phi) is 5.79. The summed E-state index contributed by atoms with van der Waals surface area (Å²) in [5, 5.41) is 11.1. The molecule has 1 aromatic rings. The zero-order valence-corrected chi connectivity index (χ0v) is 9.57. The van der Waals surface area contributed by atoms with Crippen molar-refractivity contribution in [1.82, 2.24) is 9.97 Å². The van der Waals surface area contributed by atoms with Crippen molar-refractivity contribution in [2.45, 2.75) is 12.6 Å². The molecular weight excluding hydrogens is 251 g/mol. The molecule has 0 atom stereocenters. The standard InChI is InChI=1S/C10H14F3N3O2/c11-10(12,13)8-2-4-15-9(16-8)14-3-1-6-18-7-5-17/h2,4,17H,1,3,5-7H2,(H,14,15,16). The first-order valence-corrected chi connectivity index (χ1v) is 5.37. The number of aliphatic hydroxyl groups is 1. The summed E-state index contributed by atoms with van der Waals surface area (Å²) >= 11 is 0. The second-order valence-electron chi connectivity index (χ2n) is 3.38. The summed E-state index contributed by atoms with van der Waals surface area (Å²) in [4.78, 5) is 7.03. The number of hydrogen-bond acceptors (Lipinski definition) is 5. The van der Waals surface area contributed by atoms with Crippen LogP contribution in [0.15, 0.2) is 12.3 Å². The van der Waals surface area contributed by atoms with Gasteiger partial charge in [0.2, 0.25) is 5.95 Å². The monoisotopic (exact) mass is 265 g/mol. The molecule has 5 nitrogen and oxygen atoms in total. The van der Waals surface area contributed by atoms with Gasteiger partial charge in [-0.2, -0.15) is 13.2 Å². The topological polar surface area (TPSA) is 67.3 Å². The largest absolute Gasteiger partial charge is 0.433 e. The summed E-state index contributed by atoms with van der Waals surface area (Å²) in [6.07, 6.45) is -2.83. The summed E-state index contributed by atoms with van der Waals surface area (Å²) in [6.45, 7) is 1.00. The number of anilines is 1. The molecule has 0 radical (unpaired) electrons. The molecule has 0 aliphatic heterocycles. The van der Waals surface area contributed by atoms with E-state index in [1.54, 1.807) is 0 Å². The first kappa shape index (κ1) is 14.7. The van der Waals surface area contributed by atoms with E-state index in [0.29, 0.717) is 19.6 Å². The molecule has 0 aliphatic rings. The van der Waals surface area contributed by atoms with Crippen molar-refractivity contribution >= 4 is 5.95 Å². The van der Waals surface area contributed by atoms with Gasteiger partial charge < -0.3 is 15.2 Å². The van der Waals surface area contributed by atoms with Gasteiger partial charge in [-0.1, -0.05) is 0 Å². The van der Waals surface area contributed by atoms with Crippen LogP contribution in [0.1, 0.15) is 12.1 Å². The van der Waals surface area contributed by atoms with E-state index in [-0.39, 0.29) is 19.2 Å². The summed E-state index contributed by atoms with van der Waals surface area (Å²) in [6, 6.07) is 0.815. The van der Waals surface area contributed by atoms with Crippen molar-refractivity contribution in [3.8, 4) is 0 Å². The highest BCUT2D eigenvalue weighted by atomic mass is 19.4.